The van der Waals surface area contributed by atoms with E-state index < -0.39 is 0 Å². The van der Waals surface area contributed by atoms with Gasteiger partial charge in [-0.25, -0.2) is 4.39 Å². The molecule has 3 rings (SSSR count). The van der Waals surface area contributed by atoms with Crippen LogP contribution in [0.15, 0.2) is 47.1 Å². The van der Waals surface area contributed by atoms with E-state index in [1.807, 2.05) is 0 Å². The van der Waals surface area contributed by atoms with Crippen molar-refractivity contribution in [3.8, 4) is 0 Å². The first kappa shape index (κ1) is 16.2. The van der Waals surface area contributed by atoms with Gasteiger partial charge in [0.1, 0.15) is 5.82 Å². The van der Waals surface area contributed by atoms with Gasteiger partial charge in [-0.2, -0.15) is 0 Å². The van der Waals surface area contributed by atoms with Crippen LogP contribution in [0.25, 0.3) is 0 Å². The van der Waals surface area contributed by atoms with Gasteiger partial charge in [-0.1, -0.05) is 12.1 Å². The number of likely N-dealkylation sites (tertiary alicyclic amines) is 1. The molecule has 1 N–H and O–H groups in total. The zero-order valence-electron chi connectivity index (χ0n) is 13.2. The van der Waals surface area contributed by atoms with Gasteiger partial charge in [-0.05, 0) is 42.7 Å². The molecule has 0 bridgehead atoms. The number of nitrogens with one attached hydrogen (secondary N) is 1. The number of hydrogen-bond acceptors (Lipinski definition) is 3. The number of piperidine rings is 1. The average molecular weight is 330 g/mol. The van der Waals surface area contributed by atoms with Crippen LogP contribution in [0.3, 0.4) is 0 Å². The minimum Gasteiger partial charge on any atom is -0.459 e. The van der Waals surface area contributed by atoms with Gasteiger partial charge in [-0.15, -0.1) is 0 Å². The molecule has 1 unspecified atom stereocenters. The summed E-state index contributed by atoms with van der Waals surface area (Å²) < 4.78 is 18.0. The maximum atomic E-state index is 12.9. The topological polar surface area (TPSA) is 62.6 Å². The molecule has 0 spiro atoms. The highest BCUT2D eigenvalue weighted by Gasteiger charge is 2.29. The number of carbonyl (C=O) groups excluding carboxylic acids is 2. The Labute approximate surface area is 139 Å². The number of furan rings is 1. The van der Waals surface area contributed by atoms with Crippen LogP contribution in [-0.4, -0.2) is 29.8 Å². The lowest BCUT2D eigenvalue weighted by atomic mass is 9.96. The number of nitrogens with zero attached hydrogens (tertiary/aromatic N) is 1. The second-order valence-electron chi connectivity index (χ2n) is 5.91. The van der Waals surface area contributed by atoms with Crippen LogP contribution in [-0.2, 0) is 11.3 Å². The number of benzene rings is 1. The lowest BCUT2D eigenvalue weighted by Gasteiger charge is -2.31. The van der Waals surface area contributed by atoms with E-state index in [4.69, 9.17) is 4.42 Å². The van der Waals surface area contributed by atoms with Crippen LogP contribution in [0.5, 0.6) is 0 Å². The summed E-state index contributed by atoms with van der Waals surface area (Å²) in [6, 6.07) is 9.31. The van der Waals surface area contributed by atoms with Crippen LogP contribution < -0.4 is 5.32 Å². The Morgan fingerprint density at radius 2 is 2.04 bits per heavy atom. The first-order valence-corrected chi connectivity index (χ1v) is 7.98. The van der Waals surface area contributed by atoms with E-state index in [-0.39, 0.29) is 23.5 Å². The summed E-state index contributed by atoms with van der Waals surface area (Å²) in [7, 11) is 0. The van der Waals surface area contributed by atoms with Gasteiger partial charge in [0.2, 0.25) is 5.91 Å². The van der Waals surface area contributed by atoms with Crippen molar-refractivity contribution in [1.82, 2.24) is 10.2 Å². The molecule has 5 nitrogen and oxygen atoms in total. The smallest absolute Gasteiger partial charge is 0.289 e. The van der Waals surface area contributed by atoms with Crippen molar-refractivity contribution in [1.29, 1.82) is 0 Å². The van der Waals surface area contributed by atoms with E-state index in [1.165, 1.54) is 18.4 Å². The van der Waals surface area contributed by atoms with Gasteiger partial charge in [0.15, 0.2) is 5.76 Å². The molecule has 0 saturated carbocycles. The van der Waals surface area contributed by atoms with Crippen molar-refractivity contribution >= 4 is 11.8 Å². The quantitative estimate of drug-likeness (QED) is 0.937. The van der Waals surface area contributed by atoms with Crippen LogP contribution in [0.4, 0.5) is 4.39 Å². The molecule has 0 aliphatic carbocycles. The largest absolute Gasteiger partial charge is 0.459 e. The average Bonchev–Trinajstić information content (AvgIpc) is 3.15. The second kappa shape index (κ2) is 7.29. The molecule has 1 atom stereocenters. The van der Waals surface area contributed by atoms with Crippen molar-refractivity contribution in [2.24, 2.45) is 5.92 Å². The van der Waals surface area contributed by atoms with Gasteiger partial charge in [0.05, 0.1) is 12.2 Å². The second-order valence-corrected chi connectivity index (χ2v) is 5.91. The van der Waals surface area contributed by atoms with E-state index in [0.717, 1.165) is 18.4 Å². The fraction of sp³-hybridized carbons (Fsp3) is 0.333. The van der Waals surface area contributed by atoms with Crippen LogP contribution in [0, 0.1) is 11.7 Å². The molecule has 1 aromatic heterocycles. The van der Waals surface area contributed by atoms with Gasteiger partial charge in [0, 0.05) is 19.6 Å². The molecular formula is C18H19FN2O3. The summed E-state index contributed by atoms with van der Waals surface area (Å²) in [6.07, 6.45) is 2.99. The van der Waals surface area contributed by atoms with Crippen molar-refractivity contribution in [2.45, 2.75) is 19.4 Å². The first-order valence-electron chi connectivity index (χ1n) is 7.98. The fourth-order valence-corrected chi connectivity index (χ4v) is 2.87. The van der Waals surface area contributed by atoms with Crippen molar-refractivity contribution in [2.75, 3.05) is 13.1 Å². The van der Waals surface area contributed by atoms with Crippen molar-refractivity contribution in [3.05, 3.63) is 59.8 Å². The molecule has 0 radical (unpaired) electrons. The third-order valence-electron chi connectivity index (χ3n) is 4.19. The SMILES string of the molecule is O=C(NCc1ccc(F)cc1)C1CCCN(C(=O)c2ccco2)C1. The Kier molecular flexibility index (Phi) is 4.93. The maximum Gasteiger partial charge on any atom is 0.289 e. The summed E-state index contributed by atoms with van der Waals surface area (Å²) in [6.45, 7) is 1.36. The molecule has 1 aliphatic heterocycles. The number of halogens is 1. The first-order chi connectivity index (χ1) is 11.6. The van der Waals surface area contributed by atoms with E-state index in [0.29, 0.717) is 25.4 Å². The van der Waals surface area contributed by atoms with Gasteiger partial charge in [-0.3, -0.25) is 9.59 Å². The molecule has 2 heterocycles. The van der Waals surface area contributed by atoms with Gasteiger partial charge < -0.3 is 14.6 Å². The Balaban J connectivity index is 1.55. The molecule has 1 aromatic carbocycles. The minimum atomic E-state index is -0.301. The predicted molar refractivity (Wildman–Crippen MR) is 85.6 cm³/mol. The Morgan fingerprint density at radius 1 is 1.25 bits per heavy atom. The highest BCUT2D eigenvalue weighted by molar-refractivity contribution is 5.92. The zero-order valence-corrected chi connectivity index (χ0v) is 13.2. The van der Waals surface area contributed by atoms with Crippen LogP contribution in [0.1, 0.15) is 29.0 Å². The number of amides is 2. The number of carbonyl (C=O) groups is 2. The molecule has 126 valence electrons. The highest BCUT2D eigenvalue weighted by Crippen LogP contribution is 2.19. The molecule has 2 aromatic rings. The maximum absolute atomic E-state index is 12.9. The van der Waals surface area contributed by atoms with Crippen molar-refractivity contribution < 1.29 is 18.4 Å². The molecule has 1 saturated heterocycles. The molecule has 1 aliphatic rings. The number of hydrogen-bond donors (Lipinski definition) is 1. The summed E-state index contributed by atoms with van der Waals surface area (Å²) in [4.78, 5) is 26.3. The molecular weight excluding hydrogens is 311 g/mol. The minimum absolute atomic E-state index is 0.0868. The summed E-state index contributed by atoms with van der Waals surface area (Å²) >= 11 is 0. The Morgan fingerprint density at radius 3 is 2.75 bits per heavy atom. The summed E-state index contributed by atoms with van der Waals surface area (Å²) in [5, 5.41) is 2.86. The van der Waals surface area contributed by atoms with E-state index in [1.54, 1.807) is 29.2 Å². The van der Waals surface area contributed by atoms with E-state index in [2.05, 4.69) is 5.32 Å². The van der Waals surface area contributed by atoms with Crippen LogP contribution in [0.2, 0.25) is 0 Å². The lowest BCUT2D eigenvalue weighted by Crippen LogP contribution is -2.45. The van der Waals surface area contributed by atoms with Crippen LogP contribution >= 0.6 is 0 Å². The fourth-order valence-electron chi connectivity index (χ4n) is 2.87. The van der Waals surface area contributed by atoms with E-state index in [9.17, 15) is 14.0 Å². The zero-order chi connectivity index (χ0) is 16.9. The standard InChI is InChI=1S/C18H19FN2O3/c19-15-7-5-13(6-8-15)11-20-17(22)14-3-1-9-21(12-14)18(23)16-4-2-10-24-16/h2,4-8,10,14H,1,3,9,11-12H2,(H,20,22). The molecule has 6 heteroatoms. The Bertz CT molecular complexity index is 698. The van der Waals surface area contributed by atoms with Gasteiger partial charge in [0.25, 0.3) is 5.91 Å². The summed E-state index contributed by atoms with van der Waals surface area (Å²) in [5.41, 5.74) is 0.837. The summed E-state index contributed by atoms with van der Waals surface area (Å²) in [5.74, 6) is -0.516. The molecule has 1 fully saturated rings. The predicted octanol–water partition coefficient (Wildman–Crippen LogP) is 2.59. The van der Waals surface area contributed by atoms with E-state index >= 15 is 0 Å². The molecule has 2 amide bonds. The van der Waals surface area contributed by atoms with Gasteiger partial charge >= 0.3 is 0 Å². The third-order valence-corrected chi connectivity index (χ3v) is 4.19. The number of rotatable bonds is 4. The molecule has 24 heavy (non-hydrogen) atoms. The normalized spacial score (nSPS) is 17.5. The third kappa shape index (κ3) is 3.82. The Hall–Kier alpha value is -2.63. The van der Waals surface area contributed by atoms with Crippen molar-refractivity contribution in [3.63, 3.8) is 0 Å². The lowest BCUT2D eigenvalue weighted by molar-refractivity contribution is -0.126. The monoisotopic (exact) mass is 330 g/mol. The highest BCUT2D eigenvalue weighted by atomic mass is 19.1.